The zero-order valence-corrected chi connectivity index (χ0v) is 8.52. The van der Waals surface area contributed by atoms with Crippen molar-refractivity contribution < 1.29 is 0 Å². The van der Waals surface area contributed by atoms with Crippen LogP contribution in [0.25, 0.3) is 0 Å². The van der Waals surface area contributed by atoms with Crippen molar-refractivity contribution in [1.29, 1.82) is 0 Å². The molecule has 2 heteroatoms. The van der Waals surface area contributed by atoms with Gasteiger partial charge in [0.05, 0.1) is 0 Å². The summed E-state index contributed by atoms with van der Waals surface area (Å²) < 4.78 is 0. The monoisotopic (exact) mass is 190 g/mol. The number of aromatic nitrogens is 1. The topological polar surface area (TPSA) is 38.9 Å². The summed E-state index contributed by atoms with van der Waals surface area (Å²) in [6.07, 6.45) is 10.1. The van der Waals surface area contributed by atoms with Crippen molar-refractivity contribution in [3.8, 4) is 0 Å². The molecule has 1 aromatic rings. The maximum absolute atomic E-state index is 6.19. The van der Waals surface area contributed by atoms with E-state index in [1.807, 2.05) is 12.4 Å². The van der Waals surface area contributed by atoms with Crippen molar-refractivity contribution in [1.82, 2.24) is 4.98 Å². The van der Waals surface area contributed by atoms with Gasteiger partial charge in [0, 0.05) is 18.4 Å². The second-order valence-corrected chi connectivity index (χ2v) is 4.19. The van der Waals surface area contributed by atoms with Crippen LogP contribution >= 0.6 is 0 Å². The fraction of sp³-hybridized carbons (Fsp3) is 0.583. The van der Waals surface area contributed by atoms with Crippen LogP contribution in [0.5, 0.6) is 0 Å². The van der Waals surface area contributed by atoms with Crippen LogP contribution in [0.3, 0.4) is 0 Å². The molecule has 76 valence electrons. The standard InChI is InChI=1S/C12H18N2/c13-12-5-3-1-2-4-11(12)10-6-8-14-9-7-10/h6-9,11-12H,1-5,13H2. The van der Waals surface area contributed by atoms with E-state index < -0.39 is 0 Å². The van der Waals surface area contributed by atoms with Gasteiger partial charge in [0.25, 0.3) is 0 Å². The molecular weight excluding hydrogens is 172 g/mol. The van der Waals surface area contributed by atoms with Gasteiger partial charge in [0.15, 0.2) is 0 Å². The molecule has 2 nitrogen and oxygen atoms in total. The van der Waals surface area contributed by atoms with Gasteiger partial charge in [-0.3, -0.25) is 4.98 Å². The molecule has 0 spiro atoms. The Morgan fingerprint density at radius 1 is 1.07 bits per heavy atom. The number of pyridine rings is 1. The fourth-order valence-electron chi connectivity index (χ4n) is 2.36. The quantitative estimate of drug-likeness (QED) is 0.691. The van der Waals surface area contributed by atoms with Crippen molar-refractivity contribution in [2.24, 2.45) is 5.73 Å². The van der Waals surface area contributed by atoms with Gasteiger partial charge in [-0.25, -0.2) is 0 Å². The van der Waals surface area contributed by atoms with Gasteiger partial charge in [-0.15, -0.1) is 0 Å². The molecular formula is C12H18N2. The molecule has 1 aromatic heterocycles. The summed E-state index contributed by atoms with van der Waals surface area (Å²) in [4.78, 5) is 4.05. The van der Waals surface area contributed by atoms with Crippen LogP contribution in [0.15, 0.2) is 24.5 Å². The third-order valence-corrected chi connectivity index (χ3v) is 3.20. The lowest BCUT2D eigenvalue weighted by Crippen LogP contribution is -2.27. The van der Waals surface area contributed by atoms with E-state index in [2.05, 4.69) is 17.1 Å². The van der Waals surface area contributed by atoms with E-state index in [1.165, 1.54) is 37.7 Å². The van der Waals surface area contributed by atoms with Crippen LogP contribution in [0, 0.1) is 0 Å². The lowest BCUT2D eigenvalue weighted by atomic mass is 9.89. The van der Waals surface area contributed by atoms with E-state index in [1.54, 1.807) is 0 Å². The highest BCUT2D eigenvalue weighted by Gasteiger charge is 2.21. The summed E-state index contributed by atoms with van der Waals surface area (Å²) in [6.45, 7) is 0. The molecule has 2 rings (SSSR count). The molecule has 0 saturated heterocycles. The number of nitrogens with two attached hydrogens (primary N) is 1. The number of hydrogen-bond acceptors (Lipinski definition) is 2. The highest BCUT2D eigenvalue weighted by Crippen LogP contribution is 2.30. The summed E-state index contributed by atoms with van der Waals surface area (Å²) in [5.41, 5.74) is 7.56. The highest BCUT2D eigenvalue weighted by molar-refractivity contribution is 5.18. The summed E-state index contributed by atoms with van der Waals surface area (Å²) in [5, 5.41) is 0. The van der Waals surface area contributed by atoms with E-state index >= 15 is 0 Å². The SMILES string of the molecule is NC1CCCCCC1c1ccncc1. The van der Waals surface area contributed by atoms with Crippen molar-refractivity contribution in [2.45, 2.75) is 44.1 Å². The van der Waals surface area contributed by atoms with Gasteiger partial charge in [0.1, 0.15) is 0 Å². The van der Waals surface area contributed by atoms with E-state index in [9.17, 15) is 0 Å². The first-order chi connectivity index (χ1) is 6.88. The first-order valence-electron chi connectivity index (χ1n) is 5.53. The Hall–Kier alpha value is -0.890. The Kier molecular flexibility index (Phi) is 3.14. The Bertz CT molecular complexity index is 271. The van der Waals surface area contributed by atoms with E-state index in [0.29, 0.717) is 12.0 Å². The van der Waals surface area contributed by atoms with Gasteiger partial charge in [-0.2, -0.15) is 0 Å². The van der Waals surface area contributed by atoms with Gasteiger partial charge in [-0.1, -0.05) is 19.3 Å². The minimum absolute atomic E-state index is 0.347. The molecule has 0 aromatic carbocycles. The minimum Gasteiger partial charge on any atom is -0.327 e. The van der Waals surface area contributed by atoms with Crippen LogP contribution < -0.4 is 5.73 Å². The lowest BCUT2D eigenvalue weighted by Gasteiger charge is -2.21. The first kappa shape index (κ1) is 9.66. The largest absolute Gasteiger partial charge is 0.327 e. The Balaban J connectivity index is 2.15. The number of hydrogen-bond donors (Lipinski definition) is 1. The lowest BCUT2D eigenvalue weighted by molar-refractivity contribution is 0.505. The molecule has 1 saturated carbocycles. The molecule has 1 heterocycles. The average Bonchev–Trinajstić information content (AvgIpc) is 2.44. The Morgan fingerprint density at radius 2 is 1.79 bits per heavy atom. The molecule has 1 fully saturated rings. The summed E-state index contributed by atoms with van der Waals surface area (Å²) >= 11 is 0. The van der Waals surface area contributed by atoms with Crippen LogP contribution in [-0.2, 0) is 0 Å². The maximum atomic E-state index is 6.19. The van der Waals surface area contributed by atoms with E-state index in [4.69, 9.17) is 5.73 Å². The van der Waals surface area contributed by atoms with Gasteiger partial charge in [-0.05, 0) is 36.5 Å². The van der Waals surface area contributed by atoms with Crippen LogP contribution in [0.1, 0.15) is 43.6 Å². The molecule has 0 aliphatic heterocycles. The Labute approximate surface area is 85.5 Å². The minimum atomic E-state index is 0.347. The summed E-state index contributed by atoms with van der Waals surface area (Å²) in [7, 11) is 0. The molecule has 0 amide bonds. The molecule has 1 aliphatic rings. The second kappa shape index (κ2) is 4.56. The smallest absolute Gasteiger partial charge is 0.0270 e. The molecule has 1 aliphatic carbocycles. The van der Waals surface area contributed by atoms with Crippen molar-refractivity contribution in [3.05, 3.63) is 30.1 Å². The van der Waals surface area contributed by atoms with Crippen LogP contribution in [-0.4, -0.2) is 11.0 Å². The summed E-state index contributed by atoms with van der Waals surface area (Å²) in [6, 6.07) is 4.56. The number of nitrogens with zero attached hydrogens (tertiary/aromatic N) is 1. The predicted molar refractivity (Wildman–Crippen MR) is 58.0 cm³/mol. The predicted octanol–water partition coefficient (Wildman–Crippen LogP) is 2.46. The normalized spacial score (nSPS) is 28.4. The third-order valence-electron chi connectivity index (χ3n) is 3.20. The van der Waals surface area contributed by atoms with Crippen molar-refractivity contribution >= 4 is 0 Å². The Morgan fingerprint density at radius 3 is 2.57 bits per heavy atom. The van der Waals surface area contributed by atoms with Crippen molar-refractivity contribution in [3.63, 3.8) is 0 Å². The highest BCUT2D eigenvalue weighted by atomic mass is 14.7. The molecule has 0 radical (unpaired) electrons. The molecule has 14 heavy (non-hydrogen) atoms. The number of rotatable bonds is 1. The van der Waals surface area contributed by atoms with E-state index in [-0.39, 0.29) is 0 Å². The van der Waals surface area contributed by atoms with Crippen molar-refractivity contribution in [2.75, 3.05) is 0 Å². The zero-order valence-electron chi connectivity index (χ0n) is 8.52. The van der Waals surface area contributed by atoms with Gasteiger partial charge in [0.2, 0.25) is 0 Å². The second-order valence-electron chi connectivity index (χ2n) is 4.19. The van der Waals surface area contributed by atoms with Crippen LogP contribution in [0.4, 0.5) is 0 Å². The zero-order chi connectivity index (χ0) is 9.80. The molecule has 2 N–H and O–H groups in total. The average molecular weight is 190 g/mol. The van der Waals surface area contributed by atoms with Gasteiger partial charge < -0.3 is 5.73 Å². The molecule has 2 unspecified atom stereocenters. The molecule has 2 atom stereocenters. The summed E-state index contributed by atoms with van der Waals surface area (Å²) in [5.74, 6) is 0.556. The van der Waals surface area contributed by atoms with Gasteiger partial charge >= 0.3 is 0 Å². The van der Waals surface area contributed by atoms with E-state index in [0.717, 1.165) is 0 Å². The maximum Gasteiger partial charge on any atom is 0.0270 e. The molecule has 0 bridgehead atoms. The fourth-order valence-corrected chi connectivity index (χ4v) is 2.36. The first-order valence-corrected chi connectivity index (χ1v) is 5.53. The van der Waals surface area contributed by atoms with Crippen LogP contribution in [0.2, 0.25) is 0 Å². The third kappa shape index (κ3) is 2.13.